The maximum Gasteiger partial charge on any atom is 0.385 e. The number of imidazole rings is 1. The molecule has 2 aliphatic rings. The lowest BCUT2D eigenvalue weighted by molar-refractivity contribution is -0.390. The Morgan fingerprint density at radius 2 is 2.19 bits per heavy atom. The zero-order chi connectivity index (χ0) is 11.3. The van der Waals surface area contributed by atoms with Crippen molar-refractivity contribution in [1.82, 2.24) is 9.55 Å². The monoisotopic (exact) mass is 222 g/mol. The zero-order valence-electron chi connectivity index (χ0n) is 8.93. The molecule has 0 bridgehead atoms. The van der Waals surface area contributed by atoms with Gasteiger partial charge in [0.15, 0.2) is 0 Å². The Kier molecular flexibility index (Phi) is 2.00. The summed E-state index contributed by atoms with van der Waals surface area (Å²) in [5.41, 5.74) is 6.68. The lowest BCUT2D eigenvalue weighted by Gasteiger charge is -2.20. The van der Waals surface area contributed by atoms with Crippen LogP contribution in [-0.2, 0) is 13.0 Å². The number of nitro groups is 1. The molecular weight excluding hydrogens is 208 g/mol. The number of hydrogen-bond acceptors (Lipinski definition) is 4. The van der Waals surface area contributed by atoms with Crippen LogP contribution in [0.3, 0.4) is 0 Å². The van der Waals surface area contributed by atoms with E-state index in [1.54, 1.807) is 0 Å². The predicted octanol–water partition coefficient (Wildman–Crippen LogP) is 0.942. The normalized spacial score (nSPS) is 24.2. The van der Waals surface area contributed by atoms with E-state index in [1.807, 2.05) is 4.57 Å². The second-order valence-electron chi connectivity index (χ2n) is 4.68. The second kappa shape index (κ2) is 3.28. The molecule has 6 nitrogen and oxygen atoms in total. The Morgan fingerprint density at radius 1 is 1.44 bits per heavy atom. The van der Waals surface area contributed by atoms with E-state index in [2.05, 4.69) is 4.98 Å². The first-order chi connectivity index (χ1) is 7.66. The lowest BCUT2D eigenvalue weighted by atomic mass is 10.1. The van der Waals surface area contributed by atoms with Crippen LogP contribution in [-0.4, -0.2) is 20.5 Å². The van der Waals surface area contributed by atoms with E-state index in [0.29, 0.717) is 18.9 Å². The summed E-state index contributed by atoms with van der Waals surface area (Å²) in [6, 6.07) is 0.110. The summed E-state index contributed by atoms with van der Waals surface area (Å²) in [5.74, 6) is 1.36. The highest BCUT2D eigenvalue weighted by atomic mass is 16.6. The molecule has 1 saturated carbocycles. The summed E-state index contributed by atoms with van der Waals surface area (Å²) >= 11 is 0. The van der Waals surface area contributed by atoms with Crippen LogP contribution in [0.4, 0.5) is 5.82 Å². The minimum atomic E-state index is -0.367. The molecule has 0 aromatic carbocycles. The molecule has 1 atom stereocenters. The molecule has 0 radical (unpaired) electrons. The quantitative estimate of drug-likeness (QED) is 0.596. The van der Waals surface area contributed by atoms with Crippen LogP contribution in [0.1, 0.15) is 36.7 Å². The maximum atomic E-state index is 10.9. The summed E-state index contributed by atoms with van der Waals surface area (Å²) in [7, 11) is 0. The summed E-state index contributed by atoms with van der Waals surface area (Å²) in [5, 5.41) is 10.9. The minimum Gasteiger partial charge on any atom is -0.358 e. The van der Waals surface area contributed by atoms with Crippen molar-refractivity contribution in [3.8, 4) is 0 Å². The Hall–Kier alpha value is -1.43. The highest BCUT2D eigenvalue weighted by molar-refractivity contribution is 5.34. The molecular formula is C10H14N4O2. The fraction of sp³-hybridized carbons (Fsp3) is 0.700. The van der Waals surface area contributed by atoms with E-state index in [0.717, 1.165) is 30.8 Å². The van der Waals surface area contributed by atoms with E-state index in [4.69, 9.17) is 5.73 Å². The number of fused-ring (bicyclic) bond motifs is 1. The van der Waals surface area contributed by atoms with Gasteiger partial charge in [0.1, 0.15) is 5.69 Å². The molecule has 1 aliphatic carbocycles. The van der Waals surface area contributed by atoms with Crippen molar-refractivity contribution < 1.29 is 4.92 Å². The highest BCUT2D eigenvalue weighted by Crippen LogP contribution is 2.42. The van der Waals surface area contributed by atoms with Crippen LogP contribution >= 0.6 is 0 Å². The van der Waals surface area contributed by atoms with Gasteiger partial charge in [-0.15, -0.1) is 0 Å². The molecule has 6 heteroatoms. The first-order valence-electron chi connectivity index (χ1n) is 5.66. The third-order valence-electron chi connectivity index (χ3n) is 3.37. The molecule has 1 unspecified atom stereocenters. The van der Waals surface area contributed by atoms with Gasteiger partial charge in [-0.25, -0.2) is 0 Å². The van der Waals surface area contributed by atoms with Crippen LogP contribution in [0.2, 0.25) is 0 Å². The van der Waals surface area contributed by atoms with Crippen LogP contribution in [0.25, 0.3) is 0 Å². The van der Waals surface area contributed by atoms with E-state index in [-0.39, 0.29) is 16.8 Å². The summed E-state index contributed by atoms with van der Waals surface area (Å²) in [6.45, 7) is 0.683. The van der Waals surface area contributed by atoms with Gasteiger partial charge in [0.2, 0.25) is 5.82 Å². The van der Waals surface area contributed by atoms with Gasteiger partial charge in [-0.3, -0.25) is 0 Å². The van der Waals surface area contributed by atoms with E-state index in [1.165, 1.54) is 0 Å². The van der Waals surface area contributed by atoms with Crippen LogP contribution in [0.15, 0.2) is 0 Å². The Morgan fingerprint density at radius 3 is 2.81 bits per heavy atom. The largest absolute Gasteiger partial charge is 0.385 e. The van der Waals surface area contributed by atoms with Crippen molar-refractivity contribution in [2.45, 2.75) is 44.2 Å². The first kappa shape index (κ1) is 9.77. The van der Waals surface area contributed by atoms with Gasteiger partial charge in [-0.1, -0.05) is 0 Å². The van der Waals surface area contributed by atoms with Gasteiger partial charge in [0.25, 0.3) is 0 Å². The summed E-state index contributed by atoms with van der Waals surface area (Å²) in [4.78, 5) is 14.7. The van der Waals surface area contributed by atoms with Crippen molar-refractivity contribution in [3.05, 3.63) is 21.6 Å². The van der Waals surface area contributed by atoms with Crippen molar-refractivity contribution in [2.24, 2.45) is 5.73 Å². The van der Waals surface area contributed by atoms with E-state index in [9.17, 15) is 10.1 Å². The van der Waals surface area contributed by atoms with Crippen molar-refractivity contribution >= 4 is 5.82 Å². The Balaban J connectivity index is 2.09. The second-order valence-corrected chi connectivity index (χ2v) is 4.68. The topological polar surface area (TPSA) is 87.0 Å². The number of nitrogens with two attached hydrogens (primary N) is 1. The summed E-state index contributed by atoms with van der Waals surface area (Å²) in [6.07, 6.45) is 3.69. The number of hydrogen-bond donors (Lipinski definition) is 1. The van der Waals surface area contributed by atoms with Crippen LogP contribution < -0.4 is 5.73 Å². The zero-order valence-corrected chi connectivity index (χ0v) is 8.93. The molecule has 0 spiro atoms. The standard InChI is InChI=1S/C10H14N4O2/c11-7-3-4-8-10(14(15)16)12-9(6-1-2-6)13(8)5-7/h6-7H,1-5,11H2. The van der Waals surface area contributed by atoms with Crippen molar-refractivity contribution in [1.29, 1.82) is 0 Å². The molecule has 3 rings (SSSR count). The van der Waals surface area contributed by atoms with Crippen LogP contribution in [0, 0.1) is 10.1 Å². The van der Waals surface area contributed by atoms with Crippen molar-refractivity contribution in [2.75, 3.05) is 0 Å². The van der Waals surface area contributed by atoms with Gasteiger partial charge in [-0.2, -0.15) is 0 Å². The number of rotatable bonds is 2. The molecule has 1 aromatic rings. The molecule has 2 heterocycles. The molecule has 16 heavy (non-hydrogen) atoms. The number of aromatic nitrogens is 2. The predicted molar refractivity (Wildman–Crippen MR) is 57.2 cm³/mol. The van der Waals surface area contributed by atoms with Gasteiger partial charge in [0, 0.05) is 18.5 Å². The third-order valence-corrected chi connectivity index (χ3v) is 3.37. The van der Waals surface area contributed by atoms with Gasteiger partial charge in [-0.05, 0) is 35.6 Å². The van der Waals surface area contributed by atoms with E-state index >= 15 is 0 Å². The minimum absolute atomic E-state index is 0.0498. The van der Waals surface area contributed by atoms with Gasteiger partial charge in [0.05, 0.1) is 0 Å². The molecule has 0 saturated heterocycles. The average Bonchev–Trinajstić information content (AvgIpc) is 3.00. The average molecular weight is 222 g/mol. The SMILES string of the molecule is NC1CCc2c([N+](=O)[O-])nc(C3CC3)n2C1. The molecule has 1 aliphatic heterocycles. The molecule has 0 amide bonds. The van der Waals surface area contributed by atoms with Gasteiger partial charge < -0.3 is 20.4 Å². The fourth-order valence-corrected chi connectivity index (χ4v) is 2.39. The molecule has 1 aromatic heterocycles. The molecule has 1 fully saturated rings. The molecule has 2 N–H and O–H groups in total. The molecule has 86 valence electrons. The Labute approximate surface area is 92.6 Å². The maximum absolute atomic E-state index is 10.9. The Bertz CT molecular complexity index is 450. The first-order valence-corrected chi connectivity index (χ1v) is 5.66. The highest BCUT2D eigenvalue weighted by Gasteiger charge is 2.39. The fourth-order valence-electron chi connectivity index (χ4n) is 2.39. The number of nitrogens with zero attached hydrogens (tertiary/aromatic N) is 3. The smallest absolute Gasteiger partial charge is 0.358 e. The summed E-state index contributed by atoms with van der Waals surface area (Å²) < 4.78 is 1.99. The third kappa shape index (κ3) is 1.41. The van der Waals surface area contributed by atoms with Gasteiger partial charge >= 0.3 is 5.82 Å². The van der Waals surface area contributed by atoms with Crippen molar-refractivity contribution in [3.63, 3.8) is 0 Å². The van der Waals surface area contributed by atoms with E-state index < -0.39 is 0 Å². The lowest BCUT2D eigenvalue weighted by Crippen LogP contribution is -2.32. The van der Waals surface area contributed by atoms with Crippen LogP contribution in [0.5, 0.6) is 0 Å².